The number of carbonyl (C=O) groups excluding carboxylic acids is 2. The van der Waals surface area contributed by atoms with Crippen molar-refractivity contribution in [1.29, 1.82) is 0 Å². The van der Waals surface area contributed by atoms with E-state index in [9.17, 15) is 9.59 Å². The average Bonchev–Trinajstić information content (AvgIpc) is 3.35. The maximum atomic E-state index is 12.3. The molecular weight excluding hydrogens is 384 g/mol. The summed E-state index contributed by atoms with van der Waals surface area (Å²) in [5.41, 5.74) is 0.544. The predicted molar refractivity (Wildman–Crippen MR) is 104 cm³/mol. The lowest BCUT2D eigenvalue weighted by molar-refractivity contribution is -0.131. The molecule has 1 aromatic heterocycles. The Morgan fingerprint density at radius 2 is 2.18 bits per heavy atom. The molecule has 2 aromatic rings. The molecular formula is C19H23ClN4O4. The number of nitrogens with zero attached hydrogens (tertiary/aromatic N) is 3. The van der Waals surface area contributed by atoms with Gasteiger partial charge >= 0.3 is 0 Å². The Kier molecular flexibility index (Phi) is 6.89. The van der Waals surface area contributed by atoms with Gasteiger partial charge in [0.05, 0.1) is 18.4 Å². The van der Waals surface area contributed by atoms with Crippen molar-refractivity contribution in [2.75, 3.05) is 32.1 Å². The van der Waals surface area contributed by atoms with Crippen LogP contribution in [0.5, 0.6) is 5.75 Å². The van der Waals surface area contributed by atoms with Crippen LogP contribution in [0, 0.1) is 0 Å². The molecule has 28 heavy (non-hydrogen) atoms. The Hall–Kier alpha value is -2.58. The van der Waals surface area contributed by atoms with Crippen LogP contribution in [0.15, 0.2) is 36.7 Å². The van der Waals surface area contributed by atoms with Gasteiger partial charge in [-0.15, -0.1) is 0 Å². The van der Waals surface area contributed by atoms with Gasteiger partial charge in [-0.2, -0.15) is 5.10 Å². The van der Waals surface area contributed by atoms with Crippen molar-refractivity contribution in [2.24, 2.45) is 0 Å². The van der Waals surface area contributed by atoms with Crippen molar-refractivity contribution >= 4 is 29.1 Å². The second-order valence-corrected chi connectivity index (χ2v) is 6.97. The van der Waals surface area contributed by atoms with E-state index in [1.165, 1.54) is 10.9 Å². The van der Waals surface area contributed by atoms with Crippen LogP contribution in [0.25, 0.3) is 0 Å². The first-order valence-electron chi connectivity index (χ1n) is 9.08. The summed E-state index contributed by atoms with van der Waals surface area (Å²) in [4.78, 5) is 25.9. The molecule has 3 rings (SSSR count). The van der Waals surface area contributed by atoms with Gasteiger partial charge in [0.25, 0.3) is 5.91 Å². The summed E-state index contributed by atoms with van der Waals surface area (Å²) in [7, 11) is 1.71. The fourth-order valence-corrected chi connectivity index (χ4v) is 2.86. The average molecular weight is 407 g/mol. The smallest absolute Gasteiger partial charge is 0.253 e. The third-order valence-corrected chi connectivity index (χ3v) is 4.61. The number of benzene rings is 1. The van der Waals surface area contributed by atoms with Crippen molar-refractivity contribution in [3.05, 3.63) is 41.7 Å². The first-order valence-corrected chi connectivity index (χ1v) is 9.46. The van der Waals surface area contributed by atoms with E-state index in [2.05, 4.69) is 10.4 Å². The number of halogens is 1. The molecule has 0 saturated carbocycles. The van der Waals surface area contributed by atoms with Gasteiger partial charge in [0.1, 0.15) is 25.0 Å². The van der Waals surface area contributed by atoms with Crippen LogP contribution in [0.1, 0.15) is 12.8 Å². The van der Waals surface area contributed by atoms with Crippen LogP contribution < -0.4 is 10.1 Å². The lowest BCUT2D eigenvalue weighted by atomic mass is 10.2. The molecule has 2 heterocycles. The Morgan fingerprint density at radius 1 is 1.39 bits per heavy atom. The van der Waals surface area contributed by atoms with Crippen LogP contribution in [-0.4, -0.2) is 59.4 Å². The van der Waals surface area contributed by atoms with Crippen LogP contribution in [0.3, 0.4) is 0 Å². The second kappa shape index (κ2) is 9.57. The maximum absolute atomic E-state index is 12.3. The molecule has 2 amide bonds. The van der Waals surface area contributed by atoms with E-state index in [0.717, 1.165) is 12.8 Å². The number of amides is 2. The van der Waals surface area contributed by atoms with Crippen molar-refractivity contribution < 1.29 is 19.1 Å². The number of nitrogens with one attached hydrogen (secondary N) is 1. The summed E-state index contributed by atoms with van der Waals surface area (Å²) in [6, 6.07) is 7.05. The van der Waals surface area contributed by atoms with Gasteiger partial charge in [0, 0.05) is 24.9 Å². The van der Waals surface area contributed by atoms with Crippen molar-refractivity contribution in [3.8, 4) is 5.75 Å². The highest BCUT2D eigenvalue weighted by Gasteiger charge is 2.23. The number of ether oxygens (including phenoxy) is 2. The molecule has 1 aliphatic heterocycles. The molecule has 0 bridgehead atoms. The third kappa shape index (κ3) is 5.71. The highest BCUT2D eigenvalue weighted by molar-refractivity contribution is 6.30. The molecule has 1 aliphatic rings. The van der Waals surface area contributed by atoms with Crippen LogP contribution >= 0.6 is 11.6 Å². The molecule has 0 aliphatic carbocycles. The highest BCUT2D eigenvalue weighted by atomic mass is 35.5. The summed E-state index contributed by atoms with van der Waals surface area (Å²) < 4.78 is 12.4. The van der Waals surface area contributed by atoms with Crippen LogP contribution in [0.4, 0.5) is 5.69 Å². The Labute approximate surface area is 168 Å². The lowest BCUT2D eigenvalue weighted by Crippen LogP contribution is -2.33. The summed E-state index contributed by atoms with van der Waals surface area (Å²) in [5, 5.41) is 7.53. The molecule has 1 aromatic carbocycles. The molecule has 1 saturated heterocycles. The monoisotopic (exact) mass is 406 g/mol. The molecule has 9 heteroatoms. The van der Waals surface area contributed by atoms with Gasteiger partial charge in [-0.1, -0.05) is 11.6 Å². The number of aromatic nitrogens is 2. The molecule has 8 nitrogen and oxygen atoms in total. The third-order valence-electron chi connectivity index (χ3n) is 4.35. The van der Waals surface area contributed by atoms with Gasteiger partial charge in [0.2, 0.25) is 5.91 Å². The molecule has 150 valence electrons. The predicted octanol–water partition coefficient (Wildman–Crippen LogP) is 2.19. The number of rotatable bonds is 8. The standard InChI is InChI=1S/C19H23ClN4O4/c1-23(8-10-27-16-6-4-14(20)5-7-16)18(25)13-24-12-15(11-21-24)22-19(26)17-3-2-9-28-17/h4-7,11-12,17H,2-3,8-10,13H2,1H3,(H,22,26). The first-order chi connectivity index (χ1) is 13.5. The summed E-state index contributed by atoms with van der Waals surface area (Å²) >= 11 is 5.83. The fraction of sp³-hybridized carbons (Fsp3) is 0.421. The fourth-order valence-electron chi connectivity index (χ4n) is 2.74. The maximum Gasteiger partial charge on any atom is 0.253 e. The molecule has 1 fully saturated rings. The molecule has 1 atom stereocenters. The molecule has 1 unspecified atom stereocenters. The van der Waals surface area contributed by atoms with E-state index in [1.807, 2.05) is 0 Å². The number of likely N-dealkylation sites (N-methyl/N-ethyl adjacent to an activating group) is 1. The number of hydrogen-bond donors (Lipinski definition) is 1. The summed E-state index contributed by atoms with van der Waals surface area (Å²) in [6.45, 7) is 1.49. The van der Waals surface area contributed by atoms with Gasteiger partial charge < -0.3 is 19.7 Å². The minimum absolute atomic E-state index is 0.0766. The normalized spacial score (nSPS) is 16.0. The van der Waals surface area contributed by atoms with E-state index < -0.39 is 6.10 Å². The topological polar surface area (TPSA) is 85.7 Å². The van der Waals surface area contributed by atoms with Crippen LogP contribution in [-0.2, 0) is 20.9 Å². The lowest BCUT2D eigenvalue weighted by Gasteiger charge is -2.17. The van der Waals surface area contributed by atoms with Gasteiger partial charge in [-0.05, 0) is 37.1 Å². The Balaban J connectivity index is 1.41. The summed E-state index contributed by atoms with van der Waals surface area (Å²) in [6.07, 6.45) is 4.35. The minimum Gasteiger partial charge on any atom is -0.492 e. The Bertz CT molecular complexity index is 803. The van der Waals surface area contributed by atoms with Gasteiger partial charge in [-0.3, -0.25) is 14.3 Å². The molecule has 1 N–H and O–H groups in total. The van der Waals surface area contributed by atoms with E-state index in [1.54, 1.807) is 42.4 Å². The Morgan fingerprint density at radius 3 is 2.89 bits per heavy atom. The van der Waals surface area contributed by atoms with E-state index in [4.69, 9.17) is 21.1 Å². The first kappa shape index (κ1) is 20.2. The van der Waals surface area contributed by atoms with Crippen molar-refractivity contribution in [3.63, 3.8) is 0 Å². The van der Waals surface area contributed by atoms with E-state index >= 15 is 0 Å². The van der Waals surface area contributed by atoms with E-state index in [-0.39, 0.29) is 18.4 Å². The SMILES string of the molecule is CN(CCOc1ccc(Cl)cc1)C(=O)Cn1cc(NC(=O)C2CCCO2)cn1. The van der Waals surface area contributed by atoms with Crippen molar-refractivity contribution in [2.45, 2.75) is 25.5 Å². The zero-order valence-corrected chi connectivity index (χ0v) is 16.4. The van der Waals surface area contributed by atoms with Crippen LogP contribution in [0.2, 0.25) is 5.02 Å². The second-order valence-electron chi connectivity index (χ2n) is 6.54. The summed E-state index contributed by atoms with van der Waals surface area (Å²) in [5.74, 6) is 0.406. The van der Waals surface area contributed by atoms with Gasteiger partial charge in [0.15, 0.2) is 0 Å². The zero-order valence-electron chi connectivity index (χ0n) is 15.6. The number of hydrogen-bond acceptors (Lipinski definition) is 5. The van der Waals surface area contributed by atoms with Gasteiger partial charge in [-0.25, -0.2) is 0 Å². The molecule has 0 radical (unpaired) electrons. The van der Waals surface area contributed by atoms with Crippen molar-refractivity contribution in [1.82, 2.24) is 14.7 Å². The highest BCUT2D eigenvalue weighted by Crippen LogP contribution is 2.16. The van der Waals surface area contributed by atoms with E-state index in [0.29, 0.717) is 36.2 Å². The quantitative estimate of drug-likeness (QED) is 0.726. The molecule has 0 spiro atoms. The zero-order chi connectivity index (χ0) is 19.9. The largest absolute Gasteiger partial charge is 0.492 e. The number of anilines is 1. The minimum atomic E-state index is -0.406. The number of carbonyl (C=O) groups is 2.